The van der Waals surface area contributed by atoms with Crippen molar-refractivity contribution in [3.8, 4) is 0 Å². The molecule has 0 N–H and O–H groups in total. The number of unbranched alkanes of at least 4 members (excludes halogenated alkanes) is 4. The van der Waals surface area contributed by atoms with Crippen LogP contribution in [0.4, 0.5) is 0 Å². The zero-order valence-corrected chi connectivity index (χ0v) is 24.0. The van der Waals surface area contributed by atoms with E-state index in [1.54, 1.807) is 12.0 Å². The van der Waals surface area contributed by atoms with Crippen LogP contribution >= 0.6 is 11.6 Å². The molecule has 1 aromatic carbocycles. The minimum absolute atomic E-state index is 0.0176. The molecule has 2 aromatic rings. The van der Waals surface area contributed by atoms with Gasteiger partial charge in [0.1, 0.15) is 0 Å². The fourth-order valence-corrected chi connectivity index (χ4v) is 4.64. The van der Waals surface area contributed by atoms with Gasteiger partial charge in [-0.2, -0.15) is 0 Å². The summed E-state index contributed by atoms with van der Waals surface area (Å²) in [4.78, 5) is 30.2. The van der Waals surface area contributed by atoms with Crippen LogP contribution in [0.2, 0.25) is 5.02 Å². The Bertz CT molecular complexity index is 944. The molecule has 0 spiro atoms. The van der Waals surface area contributed by atoms with E-state index in [-0.39, 0.29) is 18.4 Å². The van der Waals surface area contributed by atoms with Gasteiger partial charge in [-0.1, -0.05) is 76.3 Å². The molecule has 1 heterocycles. The highest BCUT2D eigenvalue weighted by atomic mass is 35.5. The van der Waals surface area contributed by atoms with Gasteiger partial charge in [-0.05, 0) is 42.5 Å². The monoisotopic (exact) mass is 531 g/mol. The molecule has 37 heavy (non-hydrogen) atoms. The predicted molar refractivity (Wildman–Crippen MR) is 152 cm³/mol. The number of halogens is 1. The van der Waals surface area contributed by atoms with Crippen molar-refractivity contribution in [2.24, 2.45) is 5.92 Å². The molecule has 0 radical (unpaired) electrons. The summed E-state index contributed by atoms with van der Waals surface area (Å²) in [5.41, 5.74) is 2.08. The molecule has 0 aliphatic carbocycles. The van der Waals surface area contributed by atoms with Crippen LogP contribution in [0.5, 0.6) is 0 Å². The first kappa shape index (κ1) is 30.9. The highest BCUT2D eigenvalue weighted by Gasteiger charge is 2.22. The van der Waals surface area contributed by atoms with E-state index in [0.29, 0.717) is 45.1 Å². The van der Waals surface area contributed by atoms with Crippen molar-refractivity contribution in [1.29, 1.82) is 0 Å². The number of hydrogen-bond donors (Lipinski definition) is 0. The lowest BCUT2D eigenvalue weighted by molar-refractivity contribution is -0.141. The number of amides is 2. The van der Waals surface area contributed by atoms with Crippen molar-refractivity contribution in [2.45, 2.75) is 78.8 Å². The molecule has 0 aliphatic rings. The van der Waals surface area contributed by atoms with Gasteiger partial charge in [0.2, 0.25) is 11.8 Å². The van der Waals surface area contributed by atoms with Gasteiger partial charge >= 0.3 is 0 Å². The Morgan fingerprint density at radius 1 is 0.973 bits per heavy atom. The first-order chi connectivity index (χ1) is 17.8. The fraction of sp³-hybridized carbons (Fsp3) is 0.600. The third kappa shape index (κ3) is 11.3. The third-order valence-corrected chi connectivity index (χ3v) is 6.83. The molecule has 2 rings (SSSR count). The van der Waals surface area contributed by atoms with Crippen molar-refractivity contribution in [3.63, 3.8) is 0 Å². The molecule has 0 fully saturated rings. The normalized spacial score (nSPS) is 11.2. The predicted octanol–water partition coefficient (Wildman–Crippen LogP) is 6.40. The van der Waals surface area contributed by atoms with Crippen molar-refractivity contribution >= 4 is 23.4 Å². The van der Waals surface area contributed by atoms with Crippen molar-refractivity contribution in [1.82, 2.24) is 14.4 Å². The van der Waals surface area contributed by atoms with E-state index >= 15 is 0 Å². The molecule has 206 valence electrons. The summed E-state index contributed by atoms with van der Waals surface area (Å²) in [7, 11) is 1.66. The van der Waals surface area contributed by atoms with E-state index in [4.69, 9.17) is 16.3 Å². The number of hydrogen-bond acceptors (Lipinski definition) is 3. The van der Waals surface area contributed by atoms with Crippen LogP contribution in [0.3, 0.4) is 0 Å². The summed E-state index contributed by atoms with van der Waals surface area (Å²) in [6.07, 6.45) is 8.70. The Balaban J connectivity index is 2.09. The number of carbonyl (C=O) groups is 2. The average Bonchev–Trinajstić information content (AvgIpc) is 3.30. The Hall–Kier alpha value is -2.31. The summed E-state index contributed by atoms with van der Waals surface area (Å²) < 4.78 is 7.34. The SMILES string of the molecule is CCCCCCCC(=O)N(CCCOC)CC(=O)N(Cc1cccn1Cc1ccccc1Cl)CC(C)C. The van der Waals surface area contributed by atoms with E-state index in [1.807, 2.05) is 41.4 Å². The largest absolute Gasteiger partial charge is 0.385 e. The summed E-state index contributed by atoms with van der Waals surface area (Å²) in [5, 5.41) is 0.733. The minimum Gasteiger partial charge on any atom is -0.385 e. The Kier molecular flexibility index (Phi) is 14.4. The number of carbonyl (C=O) groups excluding carboxylic acids is 2. The van der Waals surface area contributed by atoms with Gasteiger partial charge in [-0.3, -0.25) is 9.59 Å². The summed E-state index contributed by atoms with van der Waals surface area (Å²) in [6, 6.07) is 11.9. The molecular weight excluding hydrogens is 486 g/mol. The van der Waals surface area contributed by atoms with Gasteiger partial charge in [0, 0.05) is 56.7 Å². The van der Waals surface area contributed by atoms with Crippen LogP contribution in [-0.4, -0.2) is 59.5 Å². The topological polar surface area (TPSA) is 54.8 Å². The molecule has 0 atom stereocenters. The summed E-state index contributed by atoms with van der Waals surface area (Å²) in [6.45, 7) is 9.39. The molecular formula is C30H46ClN3O3. The Morgan fingerprint density at radius 3 is 2.43 bits per heavy atom. The number of rotatable bonds is 18. The number of benzene rings is 1. The van der Waals surface area contributed by atoms with Crippen LogP contribution in [0.1, 0.15) is 77.0 Å². The van der Waals surface area contributed by atoms with Crippen LogP contribution in [0, 0.1) is 5.92 Å². The first-order valence-corrected chi connectivity index (χ1v) is 14.1. The molecule has 2 amide bonds. The van der Waals surface area contributed by atoms with E-state index in [0.717, 1.165) is 42.0 Å². The first-order valence-electron chi connectivity index (χ1n) is 13.8. The van der Waals surface area contributed by atoms with Gasteiger partial charge in [0.15, 0.2) is 0 Å². The maximum atomic E-state index is 13.6. The van der Waals surface area contributed by atoms with Gasteiger partial charge < -0.3 is 19.1 Å². The fourth-order valence-electron chi connectivity index (χ4n) is 4.44. The third-order valence-electron chi connectivity index (χ3n) is 6.46. The second-order valence-electron chi connectivity index (χ2n) is 10.2. The maximum absolute atomic E-state index is 13.6. The molecule has 0 saturated heterocycles. The van der Waals surface area contributed by atoms with Crippen LogP contribution in [0.15, 0.2) is 42.6 Å². The molecule has 0 unspecified atom stereocenters. The second kappa shape index (κ2) is 17.2. The van der Waals surface area contributed by atoms with Crippen molar-refractivity contribution < 1.29 is 14.3 Å². The quantitative estimate of drug-likeness (QED) is 0.209. The van der Waals surface area contributed by atoms with Crippen LogP contribution in [0.25, 0.3) is 0 Å². The molecule has 0 saturated carbocycles. The smallest absolute Gasteiger partial charge is 0.242 e. The van der Waals surface area contributed by atoms with E-state index in [2.05, 4.69) is 31.4 Å². The van der Waals surface area contributed by atoms with Crippen LogP contribution < -0.4 is 0 Å². The molecule has 0 aliphatic heterocycles. The molecule has 6 nitrogen and oxygen atoms in total. The van der Waals surface area contributed by atoms with Gasteiger partial charge in [0.05, 0.1) is 13.1 Å². The van der Waals surface area contributed by atoms with Crippen LogP contribution in [-0.2, 0) is 27.4 Å². The van der Waals surface area contributed by atoms with E-state index in [9.17, 15) is 9.59 Å². The number of methoxy groups -OCH3 is 1. The number of ether oxygens (including phenoxy) is 1. The highest BCUT2D eigenvalue weighted by molar-refractivity contribution is 6.31. The van der Waals surface area contributed by atoms with Gasteiger partial charge in [-0.25, -0.2) is 0 Å². The van der Waals surface area contributed by atoms with Gasteiger partial charge in [0.25, 0.3) is 0 Å². The zero-order chi connectivity index (χ0) is 27.0. The van der Waals surface area contributed by atoms with Gasteiger partial charge in [-0.15, -0.1) is 0 Å². The lowest BCUT2D eigenvalue weighted by Crippen LogP contribution is -2.44. The number of aromatic nitrogens is 1. The second-order valence-corrected chi connectivity index (χ2v) is 10.6. The van der Waals surface area contributed by atoms with E-state index < -0.39 is 0 Å². The lowest BCUT2D eigenvalue weighted by atomic mass is 10.1. The van der Waals surface area contributed by atoms with Crippen molar-refractivity contribution in [2.75, 3.05) is 33.4 Å². The average molecular weight is 532 g/mol. The molecule has 1 aromatic heterocycles. The zero-order valence-electron chi connectivity index (χ0n) is 23.3. The lowest BCUT2D eigenvalue weighted by Gasteiger charge is -2.29. The highest BCUT2D eigenvalue weighted by Crippen LogP contribution is 2.19. The Morgan fingerprint density at radius 2 is 1.73 bits per heavy atom. The summed E-state index contributed by atoms with van der Waals surface area (Å²) in [5.74, 6) is 0.357. The maximum Gasteiger partial charge on any atom is 0.242 e. The standard InChI is InChI=1S/C30H46ClN3O3/c1-5-6-7-8-9-17-29(35)33(19-13-20-37-4)24-30(36)34(21-25(2)3)23-27-15-12-18-32(27)22-26-14-10-11-16-28(26)31/h10-12,14-16,18,25H,5-9,13,17,19-24H2,1-4H3. The van der Waals surface area contributed by atoms with E-state index in [1.165, 1.54) is 12.8 Å². The minimum atomic E-state index is -0.0176. The van der Waals surface area contributed by atoms with Crippen molar-refractivity contribution in [3.05, 3.63) is 58.9 Å². The Labute approximate surface area is 228 Å². The molecule has 7 heteroatoms. The summed E-state index contributed by atoms with van der Waals surface area (Å²) >= 11 is 6.39. The number of nitrogens with zero attached hydrogens (tertiary/aromatic N) is 3. The molecule has 0 bridgehead atoms.